The van der Waals surface area contributed by atoms with Crippen molar-refractivity contribution < 1.29 is 23.9 Å². The van der Waals surface area contributed by atoms with E-state index in [1.54, 1.807) is 54.7 Å². The van der Waals surface area contributed by atoms with Gasteiger partial charge in [-0.25, -0.2) is 9.78 Å². The standard InChI is InChI=1S/C33H30ClN9O5/c1-47-33(46)37-24-9-10-25-26(16-24)40-32(45)22-6-2-4-20(14-22)5-3-13-48-18-28(31-35-17-27(25)39-31)38-30(44)12-7-21-15-23(34)8-11-29(21)43-19-36-41-42-43/h2,4,6-12,14-17,19,28H,3,5,13,18H2,1H3,(H,35,39)(H,37,46)(H,38,44)(H,40,45). The van der Waals surface area contributed by atoms with Crippen LogP contribution in [0.1, 0.15) is 39.8 Å². The number of aromatic amines is 1. The average molecular weight is 668 g/mol. The summed E-state index contributed by atoms with van der Waals surface area (Å²) in [5.41, 5.74) is 4.72. The van der Waals surface area contributed by atoms with Crippen molar-refractivity contribution in [1.29, 1.82) is 0 Å². The van der Waals surface area contributed by atoms with E-state index < -0.39 is 18.0 Å². The van der Waals surface area contributed by atoms with Crippen molar-refractivity contribution in [3.05, 3.63) is 107 Å². The molecule has 14 nitrogen and oxygen atoms in total. The van der Waals surface area contributed by atoms with E-state index in [2.05, 4.69) is 41.4 Å². The summed E-state index contributed by atoms with van der Waals surface area (Å²) in [5, 5.41) is 20.3. The highest BCUT2D eigenvalue weighted by molar-refractivity contribution is 6.30. The number of anilines is 2. The number of nitrogens with zero attached hydrogens (tertiary/aromatic N) is 5. The van der Waals surface area contributed by atoms with E-state index in [-0.39, 0.29) is 12.5 Å². The van der Waals surface area contributed by atoms with Gasteiger partial charge in [0.15, 0.2) is 0 Å². The average Bonchev–Trinajstić information content (AvgIpc) is 3.80. The highest BCUT2D eigenvalue weighted by Crippen LogP contribution is 2.31. The van der Waals surface area contributed by atoms with E-state index in [0.717, 1.165) is 5.56 Å². The lowest BCUT2D eigenvalue weighted by Gasteiger charge is -2.17. The zero-order valence-electron chi connectivity index (χ0n) is 25.6. The third-order valence-electron chi connectivity index (χ3n) is 7.46. The Morgan fingerprint density at radius 2 is 2.04 bits per heavy atom. The van der Waals surface area contributed by atoms with Gasteiger partial charge in [0.2, 0.25) is 5.91 Å². The number of imidazole rings is 1. The van der Waals surface area contributed by atoms with Crippen LogP contribution >= 0.6 is 11.6 Å². The van der Waals surface area contributed by atoms with Gasteiger partial charge in [-0.3, -0.25) is 14.9 Å². The summed E-state index contributed by atoms with van der Waals surface area (Å²) < 4.78 is 12.2. The molecule has 0 aliphatic carbocycles. The second-order valence-electron chi connectivity index (χ2n) is 10.7. The number of carbonyl (C=O) groups excluding carboxylic acids is 3. The molecule has 4 N–H and O–H groups in total. The fraction of sp³-hybridized carbons (Fsp3) is 0.182. The Morgan fingerprint density at radius 1 is 1.15 bits per heavy atom. The van der Waals surface area contributed by atoms with Crippen LogP contribution in [0.15, 0.2) is 79.3 Å². The molecule has 6 rings (SSSR count). The summed E-state index contributed by atoms with van der Waals surface area (Å²) in [4.78, 5) is 46.4. The molecule has 0 spiro atoms. The van der Waals surface area contributed by atoms with Gasteiger partial charge in [-0.2, -0.15) is 4.68 Å². The van der Waals surface area contributed by atoms with Crippen LogP contribution in [0.3, 0.4) is 0 Å². The largest absolute Gasteiger partial charge is 0.453 e. The molecule has 0 fully saturated rings. The Morgan fingerprint density at radius 3 is 2.88 bits per heavy atom. The summed E-state index contributed by atoms with van der Waals surface area (Å²) in [6.07, 6.45) is 6.77. The number of hydrogen-bond acceptors (Lipinski definition) is 9. The van der Waals surface area contributed by atoms with Gasteiger partial charge in [0.05, 0.1) is 37.0 Å². The van der Waals surface area contributed by atoms with Gasteiger partial charge in [-0.15, -0.1) is 5.10 Å². The Balaban J connectivity index is 1.30. The van der Waals surface area contributed by atoms with E-state index >= 15 is 0 Å². The van der Waals surface area contributed by atoms with Crippen molar-refractivity contribution in [3.8, 4) is 16.9 Å². The molecular formula is C33H30ClN9O5. The predicted molar refractivity (Wildman–Crippen MR) is 178 cm³/mol. The van der Waals surface area contributed by atoms with E-state index in [9.17, 15) is 14.4 Å². The summed E-state index contributed by atoms with van der Waals surface area (Å²) in [7, 11) is 1.26. The number of aryl methyl sites for hydroxylation is 1. The third-order valence-corrected chi connectivity index (χ3v) is 7.69. The molecule has 3 amide bonds. The molecule has 1 unspecified atom stereocenters. The summed E-state index contributed by atoms with van der Waals surface area (Å²) in [5.74, 6) is -0.284. The molecule has 2 aromatic heterocycles. The van der Waals surface area contributed by atoms with Gasteiger partial charge in [-0.1, -0.05) is 23.7 Å². The number of aromatic nitrogens is 6. The number of amides is 3. The Labute approximate surface area is 279 Å². The first-order valence-electron chi connectivity index (χ1n) is 14.9. The van der Waals surface area contributed by atoms with Gasteiger partial charge < -0.3 is 25.1 Å². The highest BCUT2D eigenvalue weighted by Gasteiger charge is 2.21. The van der Waals surface area contributed by atoms with Crippen molar-refractivity contribution in [2.45, 2.75) is 18.9 Å². The molecule has 0 saturated carbocycles. The Bertz CT molecular complexity index is 1980. The number of fused-ring (bicyclic) bond motifs is 6. The minimum absolute atomic E-state index is 0.144. The maximum absolute atomic E-state index is 13.4. The molecule has 1 aliphatic rings. The molecular weight excluding hydrogens is 638 g/mol. The van der Waals surface area contributed by atoms with Crippen molar-refractivity contribution >= 4 is 47.0 Å². The molecule has 1 aliphatic heterocycles. The quantitative estimate of drug-likeness (QED) is 0.188. The molecule has 48 heavy (non-hydrogen) atoms. The second-order valence-corrected chi connectivity index (χ2v) is 11.2. The maximum Gasteiger partial charge on any atom is 0.411 e. The molecule has 0 radical (unpaired) electrons. The highest BCUT2D eigenvalue weighted by atomic mass is 35.5. The number of carbonyl (C=O) groups is 3. The predicted octanol–water partition coefficient (Wildman–Crippen LogP) is 4.97. The smallest absolute Gasteiger partial charge is 0.411 e. The molecule has 3 heterocycles. The van der Waals surface area contributed by atoms with E-state index in [1.807, 2.05) is 18.2 Å². The normalized spacial score (nSPS) is 15.0. The third kappa shape index (κ3) is 7.74. The first-order valence-corrected chi connectivity index (χ1v) is 15.3. The van der Waals surface area contributed by atoms with Crippen molar-refractivity contribution in [2.24, 2.45) is 0 Å². The lowest BCUT2D eigenvalue weighted by atomic mass is 10.1. The first-order chi connectivity index (χ1) is 23.4. The van der Waals surface area contributed by atoms with Gasteiger partial charge in [0.1, 0.15) is 18.2 Å². The van der Waals surface area contributed by atoms with E-state index in [4.69, 9.17) is 21.1 Å². The topological polar surface area (TPSA) is 178 Å². The van der Waals surface area contributed by atoms with Crippen molar-refractivity contribution in [3.63, 3.8) is 0 Å². The minimum Gasteiger partial charge on any atom is -0.453 e. The number of halogens is 1. The number of ether oxygens (including phenoxy) is 2. The zero-order valence-corrected chi connectivity index (χ0v) is 26.4. The molecule has 3 aromatic carbocycles. The first kappa shape index (κ1) is 32.1. The van der Waals surface area contributed by atoms with Crippen molar-refractivity contribution in [2.75, 3.05) is 31.0 Å². The molecule has 1 atom stereocenters. The fourth-order valence-corrected chi connectivity index (χ4v) is 5.32. The van der Waals surface area contributed by atoms with Crippen LogP contribution in [0.5, 0.6) is 0 Å². The number of nitrogens with one attached hydrogen (secondary N) is 4. The van der Waals surface area contributed by atoms with Crippen LogP contribution in [0, 0.1) is 0 Å². The van der Waals surface area contributed by atoms with E-state index in [0.29, 0.717) is 69.7 Å². The monoisotopic (exact) mass is 667 g/mol. The van der Waals surface area contributed by atoms with Gasteiger partial charge >= 0.3 is 6.09 Å². The summed E-state index contributed by atoms with van der Waals surface area (Å²) in [6.45, 7) is 0.564. The van der Waals surface area contributed by atoms with E-state index in [1.165, 1.54) is 24.2 Å². The van der Waals surface area contributed by atoms with Crippen molar-refractivity contribution in [1.82, 2.24) is 35.5 Å². The maximum atomic E-state index is 13.4. The van der Waals surface area contributed by atoms with Gasteiger partial charge in [-0.05, 0) is 83.4 Å². The molecule has 244 valence electrons. The number of benzene rings is 3. The van der Waals surface area contributed by atoms with Crippen LogP contribution in [0.4, 0.5) is 16.2 Å². The van der Waals surface area contributed by atoms with Crippen LogP contribution < -0.4 is 16.0 Å². The minimum atomic E-state index is -0.652. The molecule has 15 heteroatoms. The second kappa shape index (κ2) is 14.7. The number of hydrogen-bond donors (Lipinski definition) is 4. The SMILES string of the molecule is COC(=O)Nc1ccc2c(c1)NC(=O)c1cccc(c1)CCCOCC(NC(=O)C=Cc1cc(Cl)ccc1-n1cnnn1)c1ncc-2[nH]1. The van der Waals surface area contributed by atoms with Crippen LogP contribution in [-0.4, -0.2) is 68.4 Å². The number of methoxy groups -OCH3 is 1. The number of H-pyrrole nitrogens is 1. The van der Waals surface area contributed by atoms with Crippen LogP contribution in [-0.2, 0) is 20.7 Å². The molecule has 0 saturated heterocycles. The van der Waals surface area contributed by atoms with Crippen LogP contribution in [0.25, 0.3) is 23.0 Å². The Hall–Kier alpha value is -5.86. The van der Waals surface area contributed by atoms with Gasteiger partial charge in [0, 0.05) is 40.1 Å². The van der Waals surface area contributed by atoms with Crippen LogP contribution in [0.2, 0.25) is 5.02 Å². The lowest BCUT2D eigenvalue weighted by Crippen LogP contribution is -2.31. The Kier molecular flexibility index (Phi) is 9.83. The molecule has 5 aromatic rings. The van der Waals surface area contributed by atoms with Gasteiger partial charge in [0.25, 0.3) is 5.91 Å². The molecule has 4 bridgehead atoms. The zero-order chi connectivity index (χ0) is 33.5. The summed E-state index contributed by atoms with van der Waals surface area (Å²) in [6, 6.07) is 16.9. The summed E-state index contributed by atoms with van der Waals surface area (Å²) >= 11 is 6.23. The lowest BCUT2D eigenvalue weighted by molar-refractivity contribution is -0.117. The number of rotatable bonds is 5. The fourth-order valence-electron chi connectivity index (χ4n) is 5.14. The number of tetrazole rings is 1.